The average Bonchev–Trinajstić information content (AvgIpc) is 3.19. The number of hydrogen-bond donors (Lipinski definition) is 1. The number of para-hydroxylation sites is 1. The summed E-state index contributed by atoms with van der Waals surface area (Å²) in [7, 11) is 1.37. The maximum absolute atomic E-state index is 14.0. The molecule has 1 unspecified atom stereocenters. The van der Waals surface area contributed by atoms with E-state index in [0.717, 1.165) is 37.1 Å². The molecule has 1 amide bonds. The number of anilines is 1. The predicted molar refractivity (Wildman–Crippen MR) is 99.2 cm³/mol. The molecular formula is C22H22N2O5. The minimum Gasteiger partial charge on any atom is -0.452 e. The monoisotopic (exact) mass is 394 g/mol. The summed E-state index contributed by atoms with van der Waals surface area (Å²) in [4.78, 5) is 31.2. The second-order valence-corrected chi connectivity index (χ2v) is 10.0. The van der Waals surface area contributed by atoms with Crippen molar-refractivity contribution in [3.05, 3.63) is 29.8 Å². The number of Topliss-reactive ketones (excluding diaryl/α,β-unsaturated/α-hetero) is 1. The van der Waals surface area contributed by atoms with Crippen molar-refractivity contribution < 1.29 is 24.2 Å². The molecule has 9 atom stereocenters. The average molecular weight is 394 g/mol. The largest absolute Gasteiger partial charge is 0.452 e. The SMILES string of the molecule is COC(=O)N1c2ccccc2[C@@]23[C@H]4C(=O)[C@]5(O)[C@@H]6O[C@H]4N4CCC[C@]6(CC[C@]125)[C@H]43. The maximum Gasteiger partial charge on any atom is 0.414 e. The van der Waals surface area contributed by atoms with E-state index < -0.39 is 34.7 Å². The molecule has 4 aliphatic carbocycles. The van der Waals surface area contributed by atoms with Crippen LogP contribution in [0.2, 0.25) is 0 Å². The molecule has 29 heavy (non-hydrogen) atoms. The van der Waals surface area contributed by atoms with E-state index in [9.17, 15) is 14.7 Å². The Hall–Kier alpha value is -1.96. The van der Waals surface area contributed by atoms with Crippen molar-refractivity contribution >= 4 is 17.6 Å². The lowest BCUT2D eigenvalue weighted by Gasteiger charge is -2.73. The molecule has 9 aliphatic rings. The summed E-state index contributed by atoms with van der Waals surface area (Å²) < 4.78 is 11.8. The van der Waals surface area contributed by atoms with Crippen LogP contribution in [0.15, 0.2) is 24.3 Å². The molecule has 5 heterocycles. The summed E-state index contributed by atoms with van der Waals surface area (Å²) in [6.45, 7) is 0.907. The Morgan fingerprint density at radius 3 is 2.93 bits per heavy atom. The zero-order valence-electron chi connectivity index (χ0n) is 16.1. The third kappa shape index (κ3) is 1.06. The van der Waals surface area contributed by atoms with Gasteiger partial charge in [0.25, 0.3) is 0 Å². The van der Waals surface area contributed by atoms with Crippen LogP contribution in [0.4, 0.5) is 10.5 Å². The highest BCUT2D eigenvalue weighted by Gasteiger charge is 3.00. The maximum atomic E-state index is 14.0. The molecule has 1 aromatic rings. The number of methoxy groups -OCH3 is 1. The first kappa shape index (κ1) is 15.8. The fourth-order valence-electron chi connectivity index (χ4n) is 9.68. The van der Waals surface area contributed by atoms with Crippen LogP contribution in [0, 0.1) is 11.3 Å². The van der Waals surface area contributed by atoms with E-state index in [0.29, 0.717) is 6.42 Å². The van der Waals surface area contributed by atoms with E-state index in [1.54, 1.807) is 4.90 Å². The number of aliphatic hydroxyl groups is 1. The van der Waals surface area contributed by atoms with Gasteiger partial charge in [0, 0.05) is 18.0 Å². The number of carbonyl (C=O) groups is 2. The number of benzene rings is 1. The lowest BCUT2D eigenvalue weighted by atomic mass is 9.39. The molecule has 10 rings (SSSR count). The molecule has 0 radical (unpaired) electrons. The van der Waals surface area contributed by atoms with Crippen LogP contribution in [0.25, 0.3) is 0 Å². The Labute approximate surface area is 167 Å². The fourth-order valence-corrected chi connectivity index (χ4v) is 9.68. The first-order valence-electron chi connectivity index (χ1n) is 10.7. The van der Waals surface area contributed by atoms with Crippen molar-refractivity contribution in [1.29, 1.82) is 0 Å². The highest BCUT2D eigenvalue weighted by Crippen LogP contribution is 2.85. The molecule has 150 valence electrons. The van der Waals surface area contributed by atoms with Crippen LogP contribution in [0.3, 0.4) is 0 Å². The molecule has 8 fully saturated rings. The van der Waals surface area contributed by atoms with Crippen molar-refractivity contribution in [3.8, 4) is 0 Å². The van der Waals surface area contributed by atoms with Crippen molar-refractivity contribution in [2.45, 2.75) is 60.6 Å². The molecule has 0 aromatic heterocycles. The van der Waals surface area contributed by atoms with E-state index >= 15 is 0 Å². The third-order valence-electron chi connectivity index (χ3n) is 9.90. The standard InChI is InChI=1S/C22H22N2O5/c1-28-18(26)24-12-6-3-2-5-11(12)21-13-14(25)22(27)17-19(8-9-20(21,22)24)7-4-10-23(16(19)21)15(13)29-17/h2-3,5-6,13,15-17,27H,4,7-10H2,1H3/t13-,15+,16-,17+,19-,20-,21-,22-/m0/s1. The highest BCUT2D eigenvalue weighted by atomic mass is 16.6. The van der Waals surface area contributed by atoms with Gasteiger partial charge in [-0.25, -0.2) is 4.79 Å². The van der Waals surface area contributed by atoms with Crippen molar-refractivity contribution in [2.75, 3.05) is 18.6 Å². The molecule has 4 saturated carbocycles. The van der Waals surface area contributed by atoms with Crippen molar-refractivity contribution in [3.63, 3.8) is 0 Å². The van der Waals surface area contributed by atoms with E-state index in [1.165, 1.54) is 7.11 Å². The van der Waals surface area contributed by atoms with E-state index in [1.807, 2.05) is 18.2 Å². The predicted octanol–water partition coefficient (Wildman–Crippen LogP) is 1.18. The first-order chi connectivity index (χ1) is 14.0. The van der Waals surface area contributed by atoms with Gasteiger partial charge < -0.3 is 14.6 Å². The molecule has 7 nitrogen and oxygen atoms in total. The van der Waals surface area contributed by atoms with Gasteiger partial charge in [0.15, 0.2) is 11.4 Å². The third-order valence-corrected chi connectivity index (χ3v) is 9.90. The van der Waals surface area contributed by atoms with Crippen molar-refractivity contribution in [1.82, 2.24) is 4.90 Å². The quantitative estimate of drug-likeness (QED) is 0.712. The smallest absolute Gasteiger partial charge is 0.414 e. The van der Waals surface area contributed by atoms with Crippen LogP contribution in [-0.4, -0.2) is 65.1 Å². The van der Waals surface area contributed by atoms with E-state index in [4.69, 9.17) is 9.47 Å². The summed E-state index contributed by atoms with van der Waals surface area (Å²) in [6.07, 6.45) is 2.15. The molecule has 9 bridgehead atoms. The summed E-state index contributed by atoms with van der Waals surface area (Å²) in [5.41, 5.74) is -1.76. The number of amides is 1. The Morgan fingerprint density at radius 1 is 1.28 bits per heavy atom. The Kier molecular flexibility index (Phi) is 2.24. The second-order valence-electron chi connectivity index (χ2n) is 10.0. The number of rotatable bonds is 0. The summed E-state index contributed by atoms with van der Waals surface area (Å²) >= 11 is 0. The van der Waals surface area contributed by atoms with Crippen molar-refractivity contribution in [2.24, 2.45) is 11.3 Å². The lowest BCUT2D eigenvalue weighted by Crippen LogP contribution is -2.89. The van der Waals surface area contributed by atoms with Gasteiger partial charge in [-0.1, -0.05) is 18.2 Å². The van der Waals surface area contributed by atoms with Crippen LogP contribution in [0.1, 0.15) is 31.2 Å². The van der Waals surface area contributed by atoms with Crippen LogP contribution in [-0.2, 0) is 19.7 Å². The number of fused-ring (bicyclic) bond motifs is 2. The number of carbonyl (C=O) groups excluding carboxylic acids is 2. The Bertz CT molecular complexity index is 1060. The van der Waals surface area contributed by atoms with Gasteiger partial charge in [0.2, 0.25) is 0 Å². The van der Waals surface area contributed by atoms with Crippen LogP contribution < -0.4 is 4.90 Å². The highest BCUT2D eigenvalue weighted by molar-refractivity contribution is 6.08. The van der Waals surface area contributed by atoms with Crippen LogP contribution in [0.5, 0.6) is 0 Å². The first-order valence-corrected chi connectivity index (χ1v) is 10.7. The summed E-state index contributed by atoms with van der Waals surface area (Å²) in [6, 6.07) is 8.03. The van der Waals surface area contributed by atoms with Gasteiger partial charge in [-0.3, -0.25) is 14.6 Å². The number of hydrogen-bond acceptors (Lipinski definition) is 6. The van der Waals surface area contributed by atoms with Gasteiger partial charge in [-0.05, 0) is 37.3 Å². The Balaban J connectivity index is 1.58. The van der Waals surface area contributed by atoms with Crippen LogP contribution >= 0.6 is 0 Å². The minimum atomic E-state index is -1.68. The fraction of sp³-hybridized carbons (Fsp3) is 0.636. The number of piperidine rings is 1. The molecule has 1 N–H and O–H groups in total. The molecular weight excluding hydrogens is 372 g/mol. The van der Waals surface area contributed by atoms with Gasteiger partial charge in [-0.2, -0.15) is 0 Å². The normalized spacial score (nSPS) is 56.1. The van der Waals surface area contributed by atoms with Gasteiger partial charge in [-0.15, -0.1) is 0 Å². The molecule has 1 aromatic carbocycles. The van der Waals surface area contributed by atoms with E-state index in [2.05, 4.69) is 11.0 Å². The zero-order valence-corrected chi connectivity index (χ0v) is 16.1. The zero-order chi connectivity index (χ0) is 19.6. The summed E-state index contributed by atoms with van der Waals surface area (Å²) in [5.74, 6) is -0.553. The molecule has 4 saturated heterocycles. The number of ether oxygens (including phenoxy) is 2. The van der Waals surface area contributed by atoms with Gasteiger partial charge >= 0.3 is 6.09 Å². The van der Waals surface area contributed by atoms with Gasteiger partial charge in [0.1, 0.15) is 17.9 Å². The molecule has 3 spiro atoms. The Morgan fingerprint density at radius 2 is 2.10 bits per heavy atom. The van der Waals surface area contributed by atoms with Gasteiger partial charge in [0.05, 0.1) is 24.1 Å². The lowest BCUT2D eigenvalue weighted by molar-refractivity contribution is -0.330. The second kappa shape index (κ2) is 4.11. The number of nitrogens with zero attached hydrogens (tertiary/aromatic N) is 2. The van der Waals surface area contributed by atoms with E-state index in [-0.39, 0.29) is 23.5 Å². The minimum absolute atomic E-state index is 0.113. The molecule has 7 heteroatoms. The topological polar surface area (TPSA) is 79.3 Å². The number of ketones is 1. The summed E-state index contributed by atoms with van der Waals surface area (Å²) in [5, 5.41) is 12.3. The molecule has 5 aliphatic heterocycles.